The molecule has 0 heterocycles. The molecule has 1 aromatic carbocycles. The number of allylic oxidation sites excluding steroid dienone is 1. The largest absolute Gasteiger partial charge is 0.513 e. The van der Waals surface area contributed by atoms with E-state index >= 15 is 0 Å². The Kier molecular flexibility index (Phi) is 4.41. The van der Waals surface area contributed by atoms with Crippen LogP contribution in [0.3, 0.4) is 0 Å². The molecule has 0 amide bonds. The van der Waals surface area contributed by atoms with Gasteiger partial charge in [-0.15, -0.1) is 0 Å². The predicted octanol–water partition coefficient (Wildman–Crippen LogP) is 2.92. The first-order valence-corrected chi connectivity index (χ1v) is 4.72. The molecule has 0 aliphatic carbocycles. The third kappa shape index (κ3) is 4.86. The molecular formula is C12H14O3. The Balaban J connectivity index is 2.22. The Morgan fingerprint density at radius 1 is 1.33 bits per heavy atom. The number of hydrogen-bond acceptors (Lipinski definition) is 3. The van der Waals surface area contributed by atoms with Gasteiger partial charge in [-0.25, -0.2) is 4.79 Å². The van der Waals surface area contributed by atoms with Crippen molar-refractivity contribution in [3.05, 3.63) is 48.2 Å². The van der Waals surface area contributed by atoms with E-state index in [-0.39, 0.29) is 0 Å². The second kappa shape index (κ2) is 5.86. The minimum atomic E-state index is -0.696. The van der Waals surface area contributed by atoms with Gasteiger partial charge in [-0.3, -0.25) is 0 Å². The molecule has 0 fully saturated rings. The molecule has 0 unspecified atom stereocenters. The maximum Gasteiger partial charge on any atom is 0.513 e. The summed E-state index contributed by atoms with van der Waals surface area (Å²) in [5, 5.41) is 0. The molecule has 0 bridgehead atoms. The maximum absolute atomic E-state index is 10.9. The van der Waals surface area contributed by atoms with E-state index in [1.54, 1.807) is 6.92 Å². The molecule has 15 heavy (non-hydrogen) atoms. The fraction of sp³-hybridized carbons (Fsp3) is 0.250. The predicted molar refractivity (Wildman–Crippen MR) is 57.4 cm³/mol. The van der Waals surface area contributed by atoms with Crippen LogP contribution in [0.5, 0.6) is 0 Å². The van der Waals surface area contributed by atoms with E-state index in [2.05, 4.69) is 11.3 Å². The van der Waals surface area contributed by atoms with Crippen molar-refractivity contribution < 1.29 is 14.3 Å². The number of carbonyl (C=O) groups excluding carboxylic acids is 1. The van der Waals surface area contributed by atoms with Crippen molar-refractivity contribution in [2.45, 2.75) is 13.3 Å². The Bertz CT molecular complexity index is 330. The Hall–Kier alpha value is -1.77. The first-order valence-electron chi connectivity index (χ1n) is 4.72. The van der Waals surface area contributed by atoms with E-state index in [0.717, 1.165) is 5.56 Å². The summed E-state index contributed by atoms with van der Waals surface area (Å²) >= 11 is 0. The maximum atomic E-state index is 10.9. The first-order chi connectivity index (χ1) is 7.18. The molecule has 80 valence electrons. The first kappa shape index (κ1) is 11.3. The molecule has 0 N–H and O–H groups in total. The smallest absolute Gasteiger partial charge is 0.434 e. The highest BCUT2D eigenvalue weighted by atomic mass is 16.7. The van der Waals surface area contributed by atoms with Gasteiger partial charge in [0.05, 0.1) is 6.61 Å². The zero-order valence-electron chi connectivity index (χ0n) is 8.73. The van der Waals surface area contributed by atoms with E-state index in [4.69, 9.17) is 4.74 Å². The van der Waals surface area contributed by atoms with Gasteiger partial charge in [-0.1, -0.05) is 36.9 Å². The number of benzene rings is 1. The lowest BCUT2D eigenvalue weighted by molar-refractivity contribution is 0.0787. The lowest BCUT2D eigenvalue weighted by Crippen LogP contribution is -2.08. The average Bonchev–Trinajstić information content (AvgIpc) is 2.18. The molecule has 0 atom stereocenters. The summed E-state index contributed by atoms with van der Waals surface area (Å²) in [5.41, 5.74) is 1.13. The Morgan fingerprint density at radius 2 is 2.00 bits per heavy atom. The number of rotatable bonds is 4. The Morgan fingerprint density at radius 3 is 2.60 bits per heavy atom. The fourth-order valence-electron chi connectivity index (χ4n) is 1.07. The van der Waals surface area contributed by atoms with E-state index in [0.29, 0.717) is 18.8 Å². The monoisotopic (exact) mass is 206 g/mol. The minimum absolute atomic E-state index is 0.316. The van der Waals surface area contributed by atoms with E-state index in [1.165, 1.54) is 0 Å². The van der Waals surface area contributed by atoms with Crippen molar-refractivity contribution in [3.8, 4) is 0 Å². The van der Waals surface area contributed by atoms with E-state index in [1.807, 2.05) is 30.3 Å². The average molecular weight is 206 g/mol. The van der Waals surface area contributed by atoms with Crippen LogP contribution < -0.4 is 0 Å². The molecule has 0 aliphatic rings. The third-order valence-corrected chi connectivity index (χ3v) is 1.71. The standard InChI is InChI=1S/C12H14O3/c1-10(2)15-12(13)14-9-8-11-6-4-3-5-7-11/h3-7H,1,8-9H2,2H3. The van der Waals surface area contributed by atoms with Crippen LogP contribution in [0.1, 0.15) is 12.5 Å². The molecule has 3 nitrogen and oxygen atoms in total. The molecule has 1 aromatic rings. The molecular weight excluding hydrogens is 192 g/mol. The van der Waals surface area contributed by atoms with Gasteiger partial charge in [0, 0.05) is 6.42 Å². The van der Waals surface area contributed by atoms with Crippen molar-refractivity contribution in [3.63, 3.8) is 0 Å². The van der Waals surface area contributed by atoms with Crippen molar-refractivity contribution in [1.29, 1.82) is 0 Å². The van der Waals surface area contributed by atoms with Gasteiger partial charge in [0.1, 0.15) is 5.76 Å². The van der Waals surface area contributed by atoms with Crippen LogP contribution >= 0.6 is 0 Å². The van der Waals surface area contributed by atoms with Gasteiger partial charge >= 0.3 is 6.16 Å². The van der Waals surface area contributed by atoms with Gasteiger partial charge in [-0.05, 0) is 12.5 Å². The topological polar surface area (TPSA) is 35.5 Å². The molecule has 0 saturated heterocycles. The summed E-state index contributed by atoms with van der Waals surface area (Å²) in [5.74, 6) is 0.333. The summed E-state index contributed by atoms with van der Waals surface area (Å²) in [7, 11) is 0. The summed E-state index contributed by atoms with van der Waals surface area (Å²) in [4.78, 5) is 10.9. The van der Waals surface area contributed by atoms with Gasteiger partial charge in [0.25, 0.3) is 0 Å². The highest BCUT2D eigenvalue weighted by Crippen LogP contribution is 2.01. The van der Waals surface area contributed by atoms with Crippen LogP contribution in [0.25, 0.3) is 0 Å². The SMILES string of the molecule is C=C(C)OC(=O)OCCc1ccccc1. The summed E-state index contributed by atoms with van der Waals surface area (Å²) in [6, 6.07) is 9.80. The molecule has 0 aliphatic heterocycles. The molecule has 3 heteroatoms. The second-order valence-corrected chi connectivity index (χ2v) is 3.14. The van der Waals surface area contributed by atoms with Crippen LogP contribution in [0.2, 0.25) is 0 Å². The third-order valence-electron chi connectivity index (χ3n) is 1.71. The summed E-state index contributed by atoms with van der Waals surface area (Å²) < 4.78 is 9.47. The van der Waals surface area contributed by atoms with Crippen LogP contribution in [0, 0.1) is 0 Å². The number of carbonyl (C=O) groups is 1. The van der Waals surface area contributed by atoms with Crippen LogP contribution in [-0.2, 0) is 15.9 Å². The zero-order valence-corrected chi connectivity index (χ0v) is 8.73. The van der Waals surface area contributed by atoms with Crippen molar-refractivity contribution in [2.75, 3.05) is 6.61 Å². The summed E-state index contributed by atoms with van der Waals surface area (Å²) in [6.07, 6.45) is -0.00926. The zero-order chi connectivity index (χ0) is 11.1. The highest BCUT2D eigenvalue weighted by molar-refractivity contribution is 5.61. The minimum Gasteiger partial charge on any atom is -0.434 e. The quantitative estimate of drug-likeness (QED) is 0.561. The molecule has 0 saturated carbocycles. The van der Waals surface area contributed by atoms with Crippen LogP contribution in [0.15, 0.2) is 42.7 Å². The van der Waals surface area contributed by atoms with Gasteiger partial charge < -0.3 is 9.47 Å². The number of hydrogen-bond donors (Lipinski definition) is 0. The van der Waals surface area contributed by atoms with Gasteiger partial charge in [0.15, 0.2) is 0 Å². The van der Waals surface area contributed by atoms with E-state index in [9.17, 15) is 4.79 Å². The lowest BCUT2D eigenvalue weighted by atomic mass is 10.2. The van der Waals surface area contributed by atoms with Gasteiger partial charge in [0.2, 0.25) is 0 Å². The number of ether oxygens (including phenoxy) is 2. The van der Waals surface area contributed by atoms with Gasteiger partial charge in [-0.2, -0.15) is 0 Å². The van der Waals surface area contributed by atoms with E-state index < -0.39 is 6.16 Å². The Labute approximate surface area is 89.3 Å². The molecule has 1 rings (SSSR count). The van der Waals surface area contributed by atoms with Crippen molar-refractivity contribution >= 4 is 6.16 Å². The summed E-state index contributed by atoms with van der Waals surface area (Å²) in [6.45, 7) is 5.35. The van der Waals surface area contributed by atoms with Crippen LogP contribution in [-0.4, -0.2) is 12.8 Å². The normalized spacial score (nSPS) is 9.40. The molecule has 0 radical (unpaired) electrons. The lowest BCUT2D eigenvalue weighted by Gasteiger charge is -2.04. The second-order valence-electron chi connectivity index (χ2n) is 3.14. The fourth-order valence-corrected chi connectivity index (χ4v) is 1.07. The van der Waals surface area contributed by atoms with Crippen molar-refractivity contribution in [1.82, 2.24) is 0 Å². The molecule has 0 aromatic heterocycles. The molecule has 0 spiro atoms. The van der Waals surface area contributed by atoms with Crippen LogP contribution in [0.4, 0.5) is 4.79 Å². The highest BCUT2D eigenvalue weighted by Gasteiger charge is 2.03. The van der Waals surface area contributed by atoms with Crippen molar-refractivity contribution in [2.24, 2.45) is 0 Å².